The van der Waals surface area contributed by atoms with Gasteiger partial charge in [0, 0.05) is 4.90 Å². The van der Waals surface area contributed by atoms with Gasteiger partial charge in [-0.25, -0.2) is 0 Å². The van der Waals surface area contributed by atoms with Crippen molar-refractivity contribution in [2.24, 2.45) is 0 Å². The molecule has 0 radical (unpaired) electrons. The molecule has 0 atom stereocenters. The highest BCUT2D eigenvalue weighted by atomic mass is 32.2. The van der Waals surface area contributed by atoms with Gasteiger partial charge in [-0.2, -0.15) is 0 Å². The molecule has 0 aromatic heterocycles. The van der Waals surface area contributed by atoms with Crippen LogP contribution in [0.1, 0.15) is 5.56 Å². The van der Waals surface area contributed by atoms with Crippen LogP contribution in [0.3, 0.4) is 0 Å². The zero-order valence-electron chi connectivity index (χ0n) is 6.82. The van der Waals surface area contributed by atoms with E-state index < -0.39 is 0 Å². The number of benzene rings is 1. The Bertz CT molecular complexity index is 260. The molecule has 1 aromatic rings. The highest BCUT2D eigenvalue weighted by Crippen LogP contribution is 2.15. The molecule has 0 aliphatic rings. The van der Waals surface area contributed by atoms with E-state index in [1.807, 2.05) is 30.5 Å². The van der Waals surface area contributed by atoms with E-state index in [-0.39, 0.29) is 0 Å². The van der Waals surface area contributed by atoms with Crippen molar-refractivity contribution in [3.63, 3.8) is 0 Å². The highest BCUT2D eigenvalue weighted by molar-refractivity contribution is 7.98. The number of thioether (sulfide) groups is 1. The average molecular weight is 182 g/mol. The molecule has 0 heterocycles. The average Bonchev–Trinajstić information content (AvgIpc) is 2.15. The largest absolute Gasteiger partial charge is 0.463 e. The molecule has 0 fully saturated rings. The number of carbonyl (C=O) groups excluding carboxylic acids is 1. The van der Waals surface area contributed by atoms with Crippen LogP contribution in [0.5, 0.6) is 0 Å². The first-order chi connectivity index (χ1) is 5.86. The molecule has 0 saturated heterocycles. The number of rotatable bonds is 4. The second-order valence-corrected chi connectivity index (χ2v) is 3.14. The van der Waals surface area contributed by atoms with Crippen LogP contribution in [0.4, 0.5) is 0 Å². The molecule has 0 aliphatic carbocycles. The van der Waals surface area contributed by atoms with Gasteiger partial charge in [0.15, 0.2) is 0 Å². The third kappa shape index (κ3) is 2.58. The molecule has 1 rings (SSSR count). The summed E-state index contributed by atoms with van der Waals surface area (Å²) >= 11 is 1.67. The van der Waals surface area contributed by atoms with Gasteiger partial charge in [-0.3, -0.25) is 4.79 Å². The molecule has 0 bridgehead atoms. The summed E-state index contributed by atoms with van der Waals surface area (Å²) in [7, 11) is 0. The lowest BCUT2D eigenvalue weighted by atomic mass is 10.2. The van der Waals surface area contributed by atoms with Crippen LogP contribution in [0.25, 0.3) is 0 Å². The Morgan fingerprint density at radius 3 is 3.08 bits per heavy atom. The minimum atomic E-state index is 0.359. The molecule has 0 aliphatic heterocycles. The fraction of sp³-hybridized carbons (Fsp3) is 0.222. The van der Waals surface area contributed by atoms with E-state index in [9.17, 15) is 4.79 Å². The van der Waals surface area contributed by atoms with Gasteiger partial charge in [0.1, 0.15) is 6.61 Å². The van der Waals surface area contributed by atoms with Gasteiger partial charge in [-0.15, -0.1) is 11.8 Å². The predicted molar refractivity (Wildman–Crippen MR) is 49.1 cm³/mol. The Morgan fingerprint density at radius 2 is 2.42 bits per heavy atom. The topological polar surface area (TPSA) is 26.3 Å². The van der Waals surface area contributed by atoms with Crippen molar-refractivity contribution >= 4 is 18.2 Å². The van der Waals surface area contributed by atoms with Gasteiger partial charge in [0.05, 0.1) is 0 Å². The van der Waals surface area contributed by atoms with Crippen molar-refractivity contribution in [1.29, 1.82) is 0 Å². The van der Waals surface area contributed by atoms with Crippen molar-refractivity contribution in [2.45, 2.75) is 11.5 Å². The molecular formula is C9H10O2S. The summed E-state index contributed by atoms with van der Waals surface area (Å²) in [6.45, 7) is 0.823. The maximum absolute atomic E-state index is 9.91. The van der Waals surface area contributed by atoms with Crippen molar-refractivity contribution in [2.75, 3.05) is 6.26 Å². The molecule has 0 N–H and O–H groups in total. The zero-order valence-corrected chi connectivity index (χ0v) is 7.64. The number of ether oxygens (including phenoxy) is 1. The summed E-state index contributed by atoms with van der Waals surface area (Å²) in [5.41, 5.74) is 1.02. The Balaban J connectivity index is 2.65. The van der Waals surface area contributed by atoms with E-state index in [0.717, 1.165) is 5.56 Å². The Hall–Kier alpha value is -0.960. The second-order valence-electron chi connectivity index (χ2n) is 2.26. The van der Waals surface area contributed by atoms with E-state index >= 15 is 0 Å². The van der Waals surface area contributed by atoms with Gasteiger partial charge >= 0.3 is 0 Å². The van der Waals surface area contributed by atoms with Crippen LogP contribution in [0.2, 0.25) is 0 Å². The molecule has 0 unspecified atom stereocenters. The highest BCUT2D eigenvalue weighted by Gasteiger charge is 1.93. The van der Waals surface area contributed by atoms with Crippen molar-refractivity contribution in [3.05, 3.63) is 29.8 Å². The van der Waals surface area contributed by atoms with Crippen LogP contribution in [-0.4, -0.2) is 12.7 Å². The van der Waals surface area contributed by atoms with Crippen molar-refractivity contribution in [3.8, 4) is 0 Å². The zero-order chi connectivity index (χ0) is 8.81. The van der Waals surface area contributed by atoms with Gasteiger partial charge in [-0.05, 0) is 24.0 Å². The first kappa shape index (κ1) is 9.13. The molecule has 3 heteroatoms. The Morgan fingerprint density at radius 1 is 1.58 bits per heavy atom. The van der Waals surface area contributed by atoms with E-state index in [4.69, 9.17) is 0 Å². The van der Waals surface area contributed by atoms with E-state index in [0.29, 0.717) is 13.1 Å². The van der Waals surface area contributed by atoms with Gasteiger partial charge in [-0.1, -0.05) is 12.1 Å². The Labute approximate surface area is 75.9 Å². The van der Waals surface area contributed by atoms with E-state index in [2.05, 4.69) is 4.74 Å². The maximum Gasteiger partial charge on any atom is 0.293 e. The maximum atomic E-state index is 9.91. The van der Waals surface area contributed by atoms with E-state index in [1.54, 1.807) is 11.8 Å². The second kappa shape index (κ2) is 4.83. The summed E-state index contributed by atoms with van der Waals surface area (Å²) in [6.07, 6.45) is 2.01. The van der Waals surface area contributed by atoms with Crippen LogP contribution in [0.15, 0.2) is 29.2 Å². The molecule has 2 nitrogen and oxygen atoms in total. The quantitative estimate of drug-likeness (QED) is 0.527. The molecule has 1 aromatic carbocycles. The van der Waals surface area contributed by atoms with E-state index in [1.165, 1.54) is 4.90 Å². The fourth-order valence-corrected chi connectivity index (χ4v) is 1.38. The molecular weight excluding hydrogens is 172 g/mol. The van der Waals surface area contributed by atoms with Gasteiger partial charge < -0.3 is 4.74 Å². The SMILES string of the molecule is CSc1cccc(COC=O)c1. The minimum Gasteiger partial charge on any atom is -0.463 e. The summed E-state index contributed by atoms with van der Waals surface area (Å²) in [5, 5.41) is 0. The summed E-state index contributed by atoms with van der Waals surface area (Å²) < 4.78 is 4.63. The van der Waals surface area contributed by atoms with Crippen LogP contribution in [-0.2, 0) is 16.1 Å². The smallest absolute Gasteiger partial charge is 0.293 e. The summed E-state index contributed by atoms with van der Waals surface area (Å²) in [4.78, 5) is 11.1. The predicted octanol–water partition coefficient (Wildman–Crippen LogP) is 2.08. The number of carbonyl (C=O) groups is 1. The van der Waals surface area contributed by atoms with Gasteiger partial charge in [0.2, 0.25) is 0 Å². The number of hydrogen-bond acceptors (Lipinski definition) is 3. The minimum absolute atomic E-state index is 0.359. The lowest BCUT2D eigenvalue weighted by Crippen LogP contribution is -1.89. The van der Waals surface area contributed by atoms with Crippen LogP contribution in [0, 0.1) is 0 Å². The lowest BCUT2D eigenvalue weighted by molar-refractivity contribution is -0.129. The van der Waals surface area contributed by atoms with Crippen molar-refractivity contribution in [1.82, 2.24) is 0 Å². The third-order valence-electron chi connectivity index (χ3n) is 1.45. The third-order valence-corrected chi connectivity index (χ3v) is 2.18. The first-order valence-corrected chi connectivity index (χ1v) is 4.77. The van der Waals surface area contributed by atoms with Crippen LogP contribution >= 0.6 is 11.8 Å². The fourth-order valence-electron chi connectivity index (χ4n) is 0.892. The molecule has 0 amide bonds. The Kier molecular flexibility index (Phi) is 3.67. The number of hydrogen-bond donors (Lipinski definition) is 0. The molecule has 0 saturated carbocycles. The van der Waals surface area contributed by atoms with Crippen molar-refractivity contribution < 1.29 is 9.53 Å². The normalized spacial score (nSPS) is 9.42. The summed E-state index contributed by atoms with van der Waals surface area (Å²) in [6, 6.07) is 7.92. The van der Waals surface area contributed by atoms with Crippen LogP contribution < -0.4 is 0 Å². The first-order valence-electron chi connectivity index (χ1n) is 3.55. The standard InChI is InChI=1S/C9H10O2S/c1-12-9-4-2-3-8(5-9)6-11-7-10/h2-5,7H,6H2,1H3. The summed E-state index contributed by atoms with van der Waals surface area (Å²) in [5.74, 6) is 0. The molecule has 12 heavy (non-hydrogen) atoms. The molecule has 64 valence electrons. The lowest BCUT2D eigenvalue weighted by Gasteiger charge is -2.00. The van der Waals surface area contributed by atoms with Gasteiger partial charge in [0.25, 0.3) is 6.47 Å². The molecule has 0 spiro atoms. The monoisotopic (exact) mass is 182 g/mol.